The highest BCUT2D eigenvalue weighted by atomic mass is 35.5. The Kier molecular flexibility index (Phi) is 18.8. The van der Waals surface area contributed by atoms with E-state index in [4.69, 9.17) is 37.4 Å². The lowest BCUT2D eigenvalue weighted by Crippen LogP contribution is -2.48. The van der Waals surface area contributed by atoms with Gasteiger partial charge < -0.3 is 30.0 Å². The van der Waals surface area contributed by atoms with E-state index in [2.05, 4.69) is 31.2 Å². The number of aryl methyl sites for hydroxylation is 2. The van der Waals surface area contributed by atoms with Gasteiger partial charge in [-0.25, -0.2) is 46.0 Å². The highest BCUT2D eigenvalue weighted by Gasteiger charge is 2.30. The van der Waals surface area contributed by atoms with Gasteiger partial charge in [-0.3, -0.25) is 10.6 Å². The van der Waals surface area contributed by atoms with Crippen molar-refractivity contribution in [3.8, 4) is 20.9 Å². The lowest BCUT2D eigenvalue weighted by molar-refractivity contribution is -0.154. The summed E-state index contributed by atoms with van der Waals surface area (Å²) in [5, 5.41) is 20.5. The van der Waals surface area contributed by atoms with E-state index in [-0.39, 0.29) is 48.9 Å². The van der Waals surface area contributed by atoms with Crippen LogP contribution in [0, 0.1) is 13.8 Å². The van der Waals surface area contributed by atoms with Gasteiger partial charge in [0.15, 0.2) is 42.0 Å². The Labute approximate surface area is 414 Å². The minimum absolute atomic E-state index is 0.00304. The number of carbonyl (C=O) groups excluding carboxylic acids is 4. The van der Waals surface area contributed by atoms with Crippen LogP contribution < -0.4 is 21.3 Å². The van der Waals surface area contributed by atoms with Gasteiger partial charge in [0.05, 0.1) is 59.8 Å². The number of rotatable bonds is 15. The second kappa shape index (κ2) is 23.5. The van der Waals surface area contributed by atoms with Crippen molar-refractivity contribution in [2.24, 2.45) is 0 Å². The number of halogens is 2. The number of urea groups is 2. The van der Waals surface area contributed by atoms with Crippen molar-refractivity contribution in [2.75, 3.05) is 36.4 Å². The second-order valence-corrected chi connectivity index (χ2v) is 24.1. The van der Waals surface area contributed by atoms with Crippen LogP contribution in [-0.2, 0) is 43.5 Å². The molecule has 0 saturated heterocycles. The monoisotopic (exact) mass is 1060 g/mol. The van der Waals surface area contributed by atoms with Crippen LogP contribution in [-0.4, -0.2) is 112 Å². The Balaban J connectivity index is 0.000000256. The van der Waals surface area contributed by atoms with Crippen molar-refractivity contribution in [1.29, 1.82) is 0 Å². The zero-order valence-electron chi connectivity index (χ0n) is 38.6. The van der Waals surface area contributed by atoms with Gasteiger partial charge in [0, 0.05) is 12.5 Å². The Morgan fingerprint density at radius 1 is 0.706 bits per heavy atom. The smallest absolute Gasteiger partial charge is 0.331 e. The maximum atomic E-state index is 12.8. The number of benzene rings is 2. The van der Waals surface area contributed by atoms with Gasteiger partial charge in [-0.15, -0.1) is 0 Å². The first-order valence-electron chi connectivity index (χ1n) is 21.6. The third-order valence-electron chi connectivity index (χ3n) is 10.4. The van der Waals surface area contributed by atoms with Gasteiger partial charge in [-0.05, 0) is 121 Å². The molecule has 68 heavy (non-hydrogen) atoms. The Morgan fingerprint density at radius 3 is 1.46 bits per heavy atom. The van der Waals surface area contributed by atoms with E-state index in [0.717, 1.165) is 75.2 Å². The maximum Gasteiger partial charge on any atom is 0.331 e. The fourth-order valence-corrected chi connectivity index (χ4v) is 11.6. The highest BCUT2D eigenvalue weighted by molar-refractivity contribution is 7.91. The van der Waals surface area contributed by atoms with Crippen molar-refractivity contribution in [2.45, 2.75) is 126 Å². The number of thiazole rings is 2. The van der Waals surface area contributed by atoms with Gasteiger partial charge in [-0.2, -0.15) is 0 Å². The van der Waals surface area contributed by atoms with Crippen LogP contribution in [0.5, 0.6) is 0 Å². The molecule has 24 heteroatoms. The summed E-state index contributed by atoms with van der Waals surface area (Å²) in [5.74, 6) is -1.22. The molecule has 2 heterocycles. The number of sulfone groups is 2. The minimum atomic E-state index is -3.52. The van der Waals surface area contributed by atoms with E-state index in [1.807, 2.05) is 20.8 Å². The van der Waals surface area contributed by atoms with Gasteiger partial charge in [0.25, 0.3) is 0 Å². The summed E-state index contributed by atoms with van der Waals surface area (Å²) in [6, 6.07) is 5.79. The number of anilines is 2. The number of ether oxygens (including phenoxy) is 3. The molecule has 2 aromatic heterocycles. The van der Waals surface area contributed by atoms with E-state index >= 15 is 0 Å². The Bertz CT molecular complexity index is 2690. The van der Waals surface area contributed by atoms with E-state index in [1.165, 1.54) is 35.6 Å². The fraction of sp³-hybridized carbons (Fsp3) is 0.500. The molecule has 18 nitrogen and oxygen atoms in total. The van der Waals surface area contributed by atoms with Crippen LogP contribution in [0.2, 0.25) is 10.0 Å². The third kappa shape index (κ3) is 15.8. The van der Waals surface area contributed by atoms with Crippen LogP contribution in [0.15, 0.2) is 46.2 Å². The minimum Gasteiger partial charge on any atom is -0.461 e. The maximum absolute atomic E-state index is 12.8. The molecule has 0 radical (unpaired) electrons. The SMILES string of the molecule is Cc1nc(NC(=O)N[C@@H](CO)C(=O)OC2CCCC2)sc1-c1ccc(Cl)c(S(C)(=O)=O)c1.Cc1nc(NC(=O)N[C@@H](COC(C)(C)C)C(=O)OC2CCCC2)sc1-c1ccc(Cl)c(S(C)(=O)=O)c1. The van der Waals surface area contributed by atoms with Crippen LogP contribution in [0.1, 0.15) is 83.5 Å². The molecule has 4 amide bonds. The number of carbonyl (C=O) groups is 4. The topological polar surface area (TPSA) is 258 Å². The van der Waals surface area contributed by atoms with Crippen molar-refractivity contribution < 1.29 is 55.3 Å². The average Bonchev–Trinajstić information content (AvgIpc) is 4.08. The number of aliphatic hydroxyl groups is 1. The quantitative estimate of drug-likeness (QED) is 0.0705. The number of aliphatic hydroxyl groups excluding tert-OH is 1. The molecule has 2 aliphatic carbocycles. The summed E-state index contributed by atoms with van der Waals surface area (Å²) in [6.45, 7) is 8.42. The molecule has 4 aromatic rings. The third-order valence-corrected chi connectivity index (χ3v) is 15.8. The molecule has 2 saturated carbocycles. The molecule has 2 fully saturated rings. The number of aromatic nitrogens is 2. The Morgan fingerprint density at radius 2 is 1.09 bits per heavy atom. The molecule has 5 N–H and O–H groups in total. The number of amides is 4. The van der Waals surface area contributed by atoms with Crippen molar-refractivity contribution in [3.05, 3.63) is 57.8 Å². The van der Waals surface area contributed by atoms with E-state index in [0.29, 0.717) is 32.3 Å². The van der Waals surface area contributed by atoms with Crippen LogP contribution in [0.4, 0.5) is 19.9 Å². The average molecular weight is 1060 g/mol. The summed E-state index contributed by atoms with van der Waals surface area (Å²) < 4.78 is 64.6. The summed E-state index contributed by atoms with van der Waals surface area (Å²) in [5.41, 5.74) is 1.87. The number of esters is 2. The number of nitrogens with zero attached hydrogens (tertiary/aromatic N) is 2. The first-order chi connectivity index (χ1) is 31.8. The van der Waals surface area contributed by atoms with Gasteiger partial charge in [-0.1, -0.05) is 58.0 Å². The molecular formula is C44H56Cl2N6O12S4. The molecule has 6 rings (SSSR count). The first-order valence-corrected chi connectivity index (χ1v) is 27.7. The lowest BCUT2D eigenvalue weighted by atomic mass is 10.2. The van der Waals surface area contributed by atoms with Crippen molar-refractivity contribution in [1.82, 2.24) is 20.6 Å². The van der Waals surface area contributed by atoms with Gasteiger partial charge >= 0.3 is 24.0 Å². The summed E-state index contributed by atoms with van der Waals surface area (Å²) >= 11 is 14.4. The normalized spacial score (nSPS) is 15.4. The second-order valence-electron chi connectivity index (χ2n) is 17.3. The predicted molar refractivity (Wildman–Crippen MR) is 262 cm³/mol. The molecule has 0 aliphatic heterocycles. The zero-order chi connectivity index (χ0) is 50.1. The summed E-state index contributed by atoms with van der Waals surface area (Å²) in [7, 11) is -7.04. The number of hydrogen-bond donors (Lipinski definition) is 5. The lowest BCUT2D eigenvalue weighted by Gasteiger charge is -2.25. The summed E-state index contributed by atoms with van der Waals surface area (Å²) in [6.07, 6.45) is 9.04. The van der Waals surface area contributed by atoms with Gasteiger partial charge in [0.1, 0.15) is 12.2 Å². The molecule has 0 unspecified atom stereocenters. The van der Waals surface area contributed by atoms with E-state index in [9.17, 15) is 41.1 Å². The first kappa shape index (κ1) is 54.5. The van der Waals surface area contributed by atoms with Crippen LogP contribution in [0.3, 0.4) is 0 Å². The molecule has 2 atom stereocenters. The van der Waals surface area contributed by atoms with E-state index < -0.39 is 68.0 Å². The van der Waals surface area contributed by atoms with Crippen LogP contribution in [0.25, 0.3) is 20.9 Å². The highest BCUT2D eigenvalue weighted by Crippen LogP contribution is 2.37. The van der Waals surface area contributed by atoms with Crippen LogP contribution >= 0.6 is 45.9 Å². The standard InChI is InChI=1S/C24H32ClN3O6S2.C20H24ClN3O6S2/c1-14-20(15-10-11-17(25)19(12-15)36(5,31)32)35-23(26-14)28-22(30)27-18(13-33-24(2,3)4)21(29)34-16-8-6-7-9-16;1-11-17(12-7-8-14(21)16(9-12)32(2,28)29)31-20(22-11)24-19(27)23-15(10-25)18(26)30-13-5-3-4-6-13/h10-12,16,18H,6-9,13H2,1-5H3,(H2,26,27,28,30);7-9,13,15,25H,3-6,10H2,1-2H3,(H2,22,23,24,27)/t18-;15-/m00/s1. The van der Waals surface area contributed by atoms with Crippen molar-refractivity contribution in [3.63, 3.8) is 0 Å². The van der Waals surface area contributed by atoms with Crippen molar-refractivity contribution >= 4 is 99.8 Å². The predicted octanol–water partition coefficient (Wildman–Crippen LogP) is 8.11. The van der Waals surface area contributed by atoms with Gasteiger partial charge in [0.2, 0.25) is 0 Å². The fourth-order valence-electron chi connectivity index (χ4n) is 7.06. The zero-order valence-corrected chi connectivity index (χ0v) is 43.3. The number of hydrogen-bond acceptors (Lipinski definition) is 16. The largest absolute Gasteiger partial charge is 0.461 e. The summed E-state index contributed by atoms with van der Waals surface area (Å²) in [4.78, 5) is 60.1. The molecule has 2 aliphatic rings. The molecule has 0 spiro atoms. The molecule has 2 aromatic carbocycles. The molecule has 372 valence electrons. The molecule has 0 bridgehead atoms. The number of nitrogens with one attached hydrogen (secondary N) is 4. The van der Waals surface area contributed by atoms with E-state index in [1.54, 1.807) is 26.0 Å². The Hall–Kier alpha value is -4.42. The molecular weight excluding hydrogens is 1000 g/mol.